The Morgan fingerprint density at radius 1 is 1.20 bits per heavy atom. The molecule has 20 heavy (non-hydrogen) atoms. The van der Waals surface area contributed by atoms with E-state index in [1.165, 1.54) is 12.1 Å². The fourth-order valence-corrected chi connectivity index (χ4v) is 2.29. The summed E-state index contributed by atoms with van der Waals surface area (Å²) in [5, 5.41) is 3.59. The van der Waals surface area contributed by atoms with Crippen molar-refractivity contribution in [2.24, 2.45) is 0 Å². The van der Waals surface area contributed by atoms with Crippen molar-refractivity contribution in [3.63, 3.8) is 0 Å². The first kappa shape index (κ1) is 14.9. The van der Waals surface area contributed by atoms with E-state index in [1.807, 2.05) is 13.8 Å². The van der Waals surface area contributed by atoms with Crippen molar-refractivity contribution in [1.82, 2.24) is 15.3 Å². The van der Waals surface area contributed by atoms with Gasteiger partial charge < -0.3 is 5.32 Å². The summed E-state index contributed by atoms with van der Waals surface area (Å²) in [6.07, 6.45) is 0. The van der Waals surface area contributed by atoms with Crippen molar-refractivity contribution in [2.75, 3.05) is 6.54 Å². The molecule has 1 N–H and O–H groups in total. The smallest absolute Gasteiger partial charge is 0.161 e. The summed E-state index contributed by atoms with van der Waals surface area (Å²) in [4.78, 5) is 8.98. The molecule has 0 unspecified atom stereocenters. The van der Waals surface area contributed by atoms with Crippen LogP contribution in [0.2, 0.25) is 5.02 Å². The third-order valence-corrected chi connectivity index (χ3v) is 3.46. The molecule has 1 aromatic carbocycles. The van der Waals surface area contributed by atoms with Crippen LogP contribution >= 0.6 is 11.6 Å². The maximum Gasteiger partial charge on any atom is 0.161 e. The molecule has 0 radical (unpaired) electrons. The third kappa shape index (κ3) is 3.14. The second kappa shape index (κ2) is 6.29. The van der Waals surface area contributed by atoms with Gasteiger partial charge in [0.15, 0.2) is 5.82 Å². The van der Waals surface area contributed by atoms with E-state index in [0.29, 0.717) is 16.4 Å². The molecule has 0 aliphatic heterocycles. The van der Waals surface area contributed by atoms with Gasteiger partial charge in [-0.25, -0.2) is 14.4 Å². The van der Waals surface area contributed by atoms with Crippen LogP contribution in [-0.4, -0.2) is 16.5 Å². The predicted molar refractivity (Wildman–Crippen MR) is 79.3 cm³/mol. The highest BCUT2D eigenvalue weighted by molar-refractivity contribution is 6.33. The van der Waals surface area contributed by atoms with Crippen molar-refractivity contribution >= 4 is 11.6 Å². The van der Waals surface area contributed by atoms with Gasteiger partial charge in [-0.05, 0) is 38.6 Å². The molecule has 1 heterocycles. The molecule has 1 aromatic heterocycles. The van der Waals surface area contributed by atoms with Crippen LogP contribution in [0.25, 0.3) is 11.4 Å². The quantitative estimate of drug-likeness (QED) is 0.935. The van der Waals surface area contributed by atoms with Gasteiger partial charge in [0.05, 0.1) is 5.02 Å². The first-order chi connectivity index (χ1) is 9.52. The van der Waals surface area contributed by atoms with Crippen molar-refractivity contribution < 1.29 is 4.39 Å². The Morgan fingerprint density at radius 3 is 2.40 bits per heavy atom. The highest BCUT2D eigenvalue weighted by Crippen LogP contribution is 2.27. The molecule has 0 fully saturated rings. The van der Waals surface area contributed by atoms with Crippen LogP contribution in [0.1, 0.15) is 23.9 Å². The maximum absolute atomic E-state index is 13.1. The third-order valence-electron chi connectivity index (χ3n) is 3.14. The van der Waals surface area contributed by atoms with E-state index < -0.39 is 0 Å². The van der Waals surface area contributed by atoms with Crippen LogP contribution in [0.4, 0.5) is 4.39 Å². The molecule has 0 saturated heterocycles. The molecule has 0 aliphatic rings. The number of nitrogens with zero attached hydrogens (tertiary/aromatic N) is 2. The van der Waals surface area contributed by atoms with E-state index in [1.54, 1.807) is 6.07 Å². The summed E-state index contributed by atoms with van der Waals surface area (Å²) in [6, 6.07) is 4.25. The minimum atomic E-state index is -0.365. The molecule has 106 valence electrons. The molecule has 3 nitrogen and oxygen atoms in total. The summed E-state index contributed by atoms with van der Waals surface area (Å²) >= 11 is 6.06. The summed E-state index contributed by atoms with van der Waals surface area (Å²) in [5.74, 6) is 0.168. The number of aryl methyl sites for hydroxylation is 2. The van der Waals surface area contributed by atoms with Gasteiger partial charge >= 0.3 is 0 Å². The zero-order chi connectivity index (χ0) is 14.7. The Kier molecular flexibility index (Phi) is 4.68. The minimum Gasteiger partial charge on any atom is -0.313 e. The van der Waals surface area contributed by atoms with E-state index >= 15 is 0 Å². The highest BCUT2D eigenvalue weighted by atomic mass is 35.5. The topological polar surface area (TPSA) is 37.8 Å². The lowest BCUT2D eigenvalue weighted by Gasteiger charge is -2.12. The molecule has 0 saturated carbocycles. The second-order valence-electron chi connectivity index (χ2n) is 4.60. The van der Waals surface area contributed by atoms with E-state index in [-0.39, 0.29) is 5.82 Å². The molecule has 0 bridgehead atoms. The van der Waals surface area contributed by atoms with Gasteiger partial charge in [-0.2, -0.15) is 0 Å². The predicted octanol–water partition coefficient (Wildman–Crippen LogP) is 3.66. The Labute approximate surface area is 123 Å². The fourth-order valence-electron chi connectivity index (χ4n) is 2.04. The first-order valence-electron chi connectivity index (χ1n) is 6.53. The number of hydrogen-bond donors (Lipinski definition) is 1. The van der Waals surface area contributed by atoms with Gasteiger partial charge in [0.2, 0.25) is 0 Å². The Hall–Kier alpha value is -1.52. The molecule has 0 amide bonds. The molecule has 0 spiro atoms. The average Bonchev–Trinajstić information content (AvgIpc) is 2.37. The van der Waals surface area contributed by atoms with E-state index in [4.69, 9.17) is 11.6 Å². The summed E-state index contributed by atoms with van der Waals surface area (Å²) in [6.45, 7) is 7.58. The number of nitrogens with one attached hydrogen (secondary N) is 1. The van der Waals surface area contributed by atoms with E-state index in [9.17, 15) is 4.39 Å². The van der Waals surface area contributed by atoms with Crippen molar-refractivity contribution in [1.29, 1.82) is 0 Å². The lowest BCUT2D eigenvalue weighted by molar-refractivity contribution is 0.628. The number of rotatable bonds is 4. The van der Waals surface area contributed by atoms with Crippen LogP contribution in [0.3, 0.4) is 0 Å². The van der Waals surface area contributed by atoms with Crippen molar-refractivity contribution in [3.05, 3.63) is 46.0 Å². The Balaban J connectivity index is 2.44. The molecule has 2 aromatic rings. The Morgan fingerprint density at radius 2 is 1.85 bits per heavy atom. The second-order valence-corrected chi connectivity index (χ2v) is 5.01. The molecule has 5 heteroatoms. The number of hydrogen-bond acceptors (Lipinski definition) is 3. The van der Waals surface area contributed by atoms with Crippen molar-refractivity contribution in [3.8, 4) is 11.4 Å². The first-order valence-corrected chi connectivity index (χ1v) is 6.91. The van der Waals surface area contributed by atoms with Crippen molar-refractivity contribution in [2.45, 2.75) is 27.3 Å². The lowest BCUT2D eigenvalue weighted by Crippen LogP contribution is -2.15. The van der Waals surface area contributed by atoms with Gasteiger partial charge in [-0.15, -0.1) is 0 Å². The van der Waals surface area contributed by atoms with Crippen LogP contribution in [0, 0.1) is 19.7 Å². The van der Waals surface area contributed by atoms with E-state index in [2.05, 4.69) is 22.2 Å². The van der Waals surface area contributed by atoms with Crippen LogP contribution in [0.15, 0.2) is 18.2 Å². The maximum atomic E-state index is 13.1. The van der Waals surface area contributed by atoms with Gasteiger partial charge in [0.25, 0.3) is 0 Å². The molecule has 0 aliphatic carbocycles. The standard InChI is InChI=1S/C15H17ClFN3/c1-4-18-8-13-9(2)19-15(20-10(13)3)12-6-5-11(17)7-14(12)16/h5-7,18H,4,8H2,1-3H3. The zero-order valence-corrected chi connectivity index (χ0v) is 12.6. The summed E-state index contributed by atoms with van der Waals surface area (Å²) < 4.78 is 13.1. The zero-order valence-electron chi connectivity index (χ0n) is 11.8. The summed E-state index contributed by atoms with van der Waals surface area (Å²) in [5.41, 5.74) is 3.56. The normalized spacial score (nSPS) is 10.8. The van der Waals surface area contributed by atoms with Gasteiger partial charge in [-0.1, -0.05) is 18.5 Å². The monoisotopic (exact) mass is 293 g/mol. The number of halogens is 2. The fraction of sp³-hybridized carbons (Fsp3) is 0.333. The van der Waals surface area contributed by atoms with Crippen LogP contribution in [-0.2, 0) is 6.54 Å². The lowest BCUT2D eigenvalue weighted by atomic mass is 10.1. The summed E-state index contributed by atoms with van der Waals surface area (Å²) in [7, 11) is 0. The average molecular weight is 294 g/mol. The largest absolute Gasteiger partial charge is 0.313 e. The van der Waals surface area contributed by atoms with Gasteiger partial charge in [0.1, 0.15) is 5.82 Å². The molecule has 0 atom stereocenters. The van der Waals surface area contributed by atoms with E-state index in [0.717, 1.165) is 30.0 Å². The molecular weight excluding hydrogens is 277 g/mol. The van der Waals surface area contributed by atoms with Gasteiger partial charge in [-0.3, -0.25) is 0 Å². The highest BCUT2D eigenvalue weighted by Gasteiger charge is 2.12. The minimum absolute atomic E-state index is 0.322. The SMILES string of the molecule is CCNCc1c(C)nc(-c2ccc(F)cc2Cl)nc1C. The molecule has 2 rings (SSSR count). The Bertz CT molecular complexity index is 606. The molecular formula is C15H17ClFN3. The van der Waals surface area contributed by atoms with Crippen LogP contribution in [0.5, 0.6) is 0 Å². The number of benzene rings is 1. The number of aromatic nitrogens is 2. The van der Waals surface area contributed by atoms with Gasteiger partial charge in [0, 0.05) is 29.1 Å². The van der Waals surface area contributed by atoms with Crippen LogP contribution < -0.4 is 5.32 Å².